The smallest absolute Gasteiger partial charge is 0.225 e. The minimum absolute atomic E-state index is 0. The fourth-order valence-corrected chi connectivity index (χ4v) is 5.86. The molecule has 31 heavy (non-hydrogen) atoms. The van der Waals surface area contributed by atoms with E-state index in [-0.39, 0.29) is 29.9 Å². The molecule has 8 heteroatoms. The Morgan fingerprint density at radius 1 is 1.16 bits per heavy atom. The van der Waals surface area contributed by atoms with Gasteiger partial charge in [-0.05, 0) is 62.6 Å². The maximum atomic E-state index is 12.7. The molecule has 1 aromatic heterocycles. The number of nitrogens with one attached hydrogen (secondary N) is 2. The van der Waals surface area contributed by atoms with Crippen molar-refractivity contribution in [3.8, 4) is 0 Å². The summed E-state index contributed by atoms with van der Waals surface area (Å²) in [6, 6.07) is 4.69. The Labute approximate surface area is 208 Å². The molecule has 0 bridgehead atoms. The number of hydrogen-bond donors (Lipinski definition) is 2. The number of likely N-dealkylation sites (tertiary alicyclic amines) is 2. The number of guanidine groups is 1. The molecule has 0 spiro atoms. The van der Waals surface area contributed by atoms with Gasteiger partial charge in [0.1, 0.15) is 0 Å². The normalized spacial score (nSPS) is 23.7. The molecule has 1 unspecified atom stereocenters. The quantitative estimate of drug-likeness (QED) is 0.318. The van der Waals surface area contributed by atoms with Crippen molar-refractivity contribution in [3.63, 3.8) is 0 Å². The van der Waals surface area contributed by atoms with Crippen molar-refractivity contribution in [1.82, 2.24) is 20.4 Å². The zero-order chi connectivity index (χ0) is 20.8. The van der Waals surface area contributed by atoms with Gasteiger partial charge in [-0.3, -0.25) is 14.7 Å². The summed E-state index contributed by atoms with van der Waals surface area (Å²) in [6.45, 7) is 6.13. The number of nitrogens with zero attached hydrogens (tertiary/aromatic N) is 3. The summed E-state index contributed by atoms with van der Waals surface area (Å²) in [4.78, 5) is 23.2. The Morgan fingerprint density at radius 2 is 1.94 bits per heavy atom. The molecule has 2 N–H and O–H groups in total. The lowest BCUT2D eigenvalue weighted by atomic mass is 9.97. The zero-order valence-corrected chi connectivity index (χ0v) is 21.9. The van der Waals surface area contributed by atoms with Gasteiger partial charge in [0.05, 0.1) is 0 Å². The van der Waals surface area contributed by atoms with Crippen molar-refractivity contribution in [2.75, 3.05) is 39.8 Å². The Kier molecular flexibility index (Phi) is 9.90. The molecular weight excluding hydrogens is 521 g/mol. The summed E-state index contributed by atoms with van der Waals surface area (Å²) < 4.78 is 0. The lowest BCUT2D eigenvalue weighted by molar-refractivity contribution is -0.134. The fraction of sp³-hybridized carbons (Fsp3) is 0.739. The van der Waals surface area contributed by atoms with Gasteiger partial charge in [-0.15, -0.1) is 35.3 Å². The predicted octanol–water partition coefficient (Wildman–Crippen LogP) is 3.53. The number of carbonyl (C=O) groups is 1. The van der Waals surface area contributed by atoms with Crippen LogP contribution >= 0.6 is 35.3 Å². The van der Waals surface area contributed by atoms with Gasteiger partial charge in [-0.25, -0.2) is 0 Å². The van der Waals surface area contributed by atoms with Gasteiger partial charge in [0.15, 0.2) is 5.96 Å². The van der Waals surface area contributed by atoms with E-state index in [9.17, 15) is 4.79 Å². The standard InChI is InChI=1S/C23H37N5OS.HI/c1-24-23(26-20-10-13-28(16-20)22(29)19-5-2-3-6-19)25-15-18-8-11-27(12-9-18)17-21-7-4-14-30-21;/h4,7,14,18-20H,2-3,5-6,8-13,15-17H2,1H3,(H2,24,25,26);1H. The molecule has 4 rings (SSSR count). The van der Waals surface area contributed by atoms with E-state index in [1.807, 2.05) is 18.4 Å². The number of piperidine rings is 1. The number of carbonyl (C=O) groups excluding carboxylic acids is 1. The van der Waals surface area contributed by atoms with Gasteiger partial charge < -0.3 is 15.5 Å². The van der Waals surface area contributed by atoms with Crippen LogP contribution in [0.25, 0.3) is 0 Å². The third-order valence-electron chi connectivity index (χ3n) is 6.99. The molecular formula is C23H38IN5OS. The molecule has 1 saturated carbocycles. The highest BCUT2D eigenvalue weighted by Gasteiger charge is 2.32. The summed E-state index contributed by atoms with van der Waals surface area (Å²) >= 11 is 1.86. The van der Waals surface area contributed by atoms with Gasteiger partial charge in [0, 0.05) is 50.1 Å². The van der Waals surface area contributed by atoms with Gasteiger partial charge in [0.25, 0.3) is 0 Å². The topological polar surface area (TPSA) is 60.0 Å². The van der Waals surface area contributed by atoms with E-state index < -0.39 is 0 Å². The highest BCUT2D eigenvalue weighted by molar-refractivity contribution is 14.0. The average Bonchev–Trinajstić information content (AvgIpc) is 3.55. The summed E-state index contributed by atoms with van der Waals surface area (Å²) in [6.07, 6.45) is 8.10. The fourth-order valence-electron chi connectivity index (χ4n) is 5.11. The minimum atomic E-state index is 0. The van der Waals surface area contributed by atoms with Crippen LogP contribution in [0.15, 0.2) is 22.5 Å². The molecule has 174 valence electrons. The third kappa shape index (κ3) is 7.05. The SMILES string of the molecule is CN=C(NCC1CCN(Cc2cccs2)CC1)NC1CCN(C(=O)C2CCCC2)C1.I. The van der Waals surface area contributed by atoms with E-state index in [0.29, 0.717) is 17.9 Å². The molecule has 0 radical (unpaired) electrons. The second-order valence-corrected chi connectivity index (χ2v) is 10.2. The summed E-state index contributed by atoms with van der Waals surface area (Å²) in [7, 11) is 1.84. The van der Waals surface area contributed by atoms with Crippen LogP contribution in [0.1, 0.15) is 49.8 Å². The number of thiophene rings is 1. The number of aliphatic imine (C=N–C) groups is 1. The van der Waals surface area contributed by atoms with Crippen LogP contribution in [0.3, 0.4) is 0 Å². The van der Waals surface area contributed by atoms with Crippen molar-refractivity contribution in [3.05, 3.63) is 22.4 Å². The van der Waals surface area contributed by atoms with Crippen LogP contribution in [-0.4, -0.2) is 67.5 Å². The highest BCUT2D eigenvalue weighted by Crippen LogP contribution is 2.28. The third-order valence-corrected chi connectivity index (χ3v) is 7.85. The molecule has 1 aliphatic carbocycles. The molecule has 3 fully saturated rings. The van der Waals surface area contributed by atoms with Gasteiger partial charge >= 0.3 is 0 Å². The van der Waals surface area contributed by atoms with E-state index in [4.69, 9.17) is 0 Å². The molecule has 1 atom stereocenters. The largest absolute Gasteiger partial charge is 0.356 e. The number of amides is 1. The molecule has 2 aliphatic heterocycles. The molecule has 3 aliphatic rings. The lowest BCUT2D eigenvalue weighted by Gasteiger charge is -2.32. The van der Waals surface area contributed by atoms with Gasteiger partial charge in [0.2, 0.25) is 5.91 Å². The number of hydrogen-bond acceptors (Lipinski definition) is 4. The van der Waals surface area contributed by atoms with Crippen LogP contribution in [0.5, 0.6) is 0 Å². The number of halogens is 1. The van der Waals surface area contributed by atoms with E-state index >= 15 is 0 Å². The summed E-state index contributed by atoms with van der Waals surface area (Å²) in [5.74, 6) is 2.25. The lowest BCUT2D eigenvalue weighted by Crippen LogP contribution is -2.47. The van der Waals surface area contributed by atoms with Crippen LogP contribution in [0.4, 0.5) is 0 Å². The molecule has 1 amide bonds. The van der Waals surface area contributed by atoms with Gasteiger partial charge in [-0.1, -0.05) is 18.9 Å². The van der Waals surface area contributed by atoms with Crippen molar-refractivity contribution in [2.24, 2.45) is 16.8 Å². The van der Waals surface area contributed by atoms with Crippen LogP contribution in [-0.2, 0) is 11.3 Å². The predicted molar refractivity (Wildman–Crippen MR) is 139 cm³/mol. The Balaban J connectivity index is 0.00000272. The van der Waals surface area contributed by atoms with E-state index in [0.717, 1.165) is 51.4 Å². The second-order valence-electron chi connectivity index (χ2n) is 9.15. The zero-order valence-electron chi connectivity index (χ0n) is 18.7. The molecule has 3 heterocycles. The van der Waals surface area contributed by atoms with E-state index in [1.54, 1.807) is 0 Å². The average molecular weight is 560 g/mol. The van der Waals surface area contributed by atoms with Crippen molar-refractivity contribution >= 4 is 47.2 Å². The molecule has 1 aromatic rings. The first kappa shape index (κ1) is 24.8. The Morgan fingerprint density at radius 3 is 2.61 bits per heavy atom. The maximum absolute atomic E-state index is 12.7. The first-order valence-corrected chi connectivity index (χ1v) is 12.6. The molecule has 6 nitrogen and oxygen atoms in total. The van der Waals surface area contributed by atoms with Crippen LogP contribution < -0.4 is 10.6 Å². The number of rotatable bonds is 6. The monoisotopic (exact) mass is 559 g/mol. The van der Waals surface area contributed by atoms with E-state index in [1.165, 1.54) is 43.6 Å². The first-order chi connectivity index (χ1) is 14.7. The Bertz CT molecular complexity index is 699. The van der Waals surface area contributed by atoms with Crippen molar-refractivity contribution in [2.45, 2.75) is 57.5 Å². The highest BCUT2D eigenvalue weighted by atomic mass is 127. The first-order valence-electron chi connectivity index (χ1n) is 11.7. The van der Waals surface area contributed by atoms with E-state index in [2.05, 4.69) is 42.9 Å². The second kappa shape index (κ2) is 12.4. The molecule has 0 aromatic carbocycles. The van der Waals surface area contributed by atoms with Crippen molar-refractivity contribution in [1.29, 1.82) is 0 Å². The molecule has 2 saturated heterocycles. The summed E-state index contributed by atoms with van der Waals surface area (Å²) in [5, 5.41) is 9.27. The van der Waals surface area contributed by atoms with Gasteiger partial charge in [-0.2, -0.15) is 0 Å². The summed E-state index contributed by atoms with van der Waals surface area (Å²) in [5.41, 5.74) is 0. The minimum Gasteiger partial charge on any atom is -0.356 e. The Hall–Kier alpha value is -0.870. The van der Waals surface area contributed by atoms with Crippen LogP contribution in [0.2, 0.25) is 0 Å². The van der Waals surface area contributed by atoms with Crippen molar-refractivity contribution < 1.29 is 4.79 Å². The van der Waals surface area contributed by atoms with Crippen LogP contribution in [0, 0.1) is 11.8 Å². The maximum Gasteiger partial charge on any atom is 0.225 e.